The zero-order valence-electron chi connectivity index (χ0n) is 7.33. The van der Waals surface area contributed by atoms with Crippen LogP contribution in [0.2, 0.25) is 0 Å². The number of carboxylic acid groups (broad SMARTS) is 1. The lowest BCUT2D eigenvalue weighted by atomic mass is 10.1. The first kappa shape index (κ1) is 9.47. The summed E-state index contributed by atoms with van der Waals surface area (Å²) in [6.45, 7) is 3.37. The zero-order chi connectivity index (χ0) is 10.0. The van der Waals surface area contributed by atoms with E-state index in [1.165, 1.54) is 0 Å². The molecular formula is C8H10N2O3. The first-order valence-electron chi connectivity index (χ1n) is 3.68. The Labute approximate surface area is 75.0 Å². The lowest BCUT2D eigenvalue weighted by molar-refractivity contribution is 0.0696. The minimum Gasteiger partial charge on any atom is -0.478 e. The first-order chi connectivity index (χ1) is 6.06. The van der Waals surface area contributed by atoms with Crippen molar-refractivity contribution in [2.24, 2.45) is 0 Å². The number of pyridine rings is 1. The quantitative estimate of drug-likeness (QED) is 0.598. The van der Waals surface area contributed by atoms with Gasteiger partial charge in [0.2, 0.25) is 0 Å². The van der Waals surface area contributed by atoms with Gasteiger partial charge in [0, 0.05) is 5.69 Å². The van der Waals surface area contributed by atoms with Crippen LogP contribution in [0.5, 0.6) is 0 Å². The number of carbonyl (C=O) groups is 1. The fraction of sp³-hybridized carbons (Fsp3) is 0.250. The van der Waals surface area contributed by atoms with Gasteiger partial charge in [-0.25, -0.2) is 9.78 Å². The van der Waals surface area contributed by atoms with Crippen molar-refractivity contribution in [3.8, 4) is 0 Å². The van der Waals surface area contributed by atoms with Crippen molar-refractivity contribution in [3.63, 3.8) is 0 Å². The number of aryl methyl sites for hydroxylation is 2. The van der Waals surface area contributed by atoms with Crippen molar-refractivity contribution in [2.75, 3.05) is 5.48 Å². The molecule has 1 aromatic heterocycles. The molecular weight excluding hydrogens is 172 g/mol. The van der Waals surface area contributed by atoms with Crippen LogP contribution in [0.4, 0.5) is 5.82 Å². The maximum atomic E-state index is 10.7. The molecule has 0 saturated carbocycles. The van der Waals surface area contributed by atoms with Gasteiger partial charge in [0.1, 0.15) is 5.56 Å². The molecule has 0 unspecified atom stereocenters. The highest BCUT2D eigenvalue weighted by molar-refractivity contribution is 5.94. The molecule has 0 bridgehead atoms. The van der Waals surface area contributed by atoms with E-state index < -0.39 is 5.97 Å². The molecule has 0 fully saturated rings. The molecule has 0 atom stereocenters. The zero-order valence-corrected chi connectivity index (χ0v) is 7.33. The van der Waals surface area contributed by atoms with Crippen LogP contribution < -0.4 is 5.48 Å². The Morgan fingerprint density at radius 2 is 2.15 bits per heavy atom. The summed E-state index contributed by atoms with van der Waals surface area (Å²) in [4.78, 5) is 14.6. The van der Waals surface area contributed by atoms with Crippen molar-refractivity contribution in [1.82, 2.24) is 4.98 Å². The van der Waals surface area contributed by atoms with Gasteiger partial charge in [-0.05, 0) is 25.5 Å². The van der Waals surface area contributed by atoms with Crippen LogP contribution in [0.3, 0.4) is 0 Å². The minimum atomic E-state index is -1.11. The lowest BCUT2D eigenvalue weighted by Crippen LogP contribution is -2.08. The molecule has 0 saturated heterocycles. The van der Waals surface area contributed by atoms with Gasteiger partial charge in [-0.1, -0.05) is 0 Å². The molecule has 1 rings (SSSR count). The summed E-state index contributed by atoms with van der Waals surface area (Å²) in [6.07, 6.45) is 0. The number of nitrogens with one attached hydrogen (secondary N) is 1. The molecule has 5 heteroatoms. The van der Waals surface area contributed by atoms with Crippen molar-refractivity contribution in [1.29, 1.82) is 0 Å². The van der Waals surface area contributed by atoms with E-state index in [-0.39, 0.29) is 11.4 Å². The molecule has 0 aliphatic heterocycles. The highest BCUT2D eigenvalue weighted by Crippen LogP contribution is 2.17. The third kappa shape index (κ3) is 1.75. The smallest absolute Gasteiger partial charge is 0.339 e. The van der Waals surface area contributed by atoms with E-state index in [9.17, 15) is 4.79 Å². The van der Waals surface area contributed by atoms with E-state index in [0.717, 1.165) is 0 Å². The Balaban J connectivity index is 3.38. The van der Waals surface area contributed by atoms with E-state index in [1.807, 2.05) is 0 Å². The SMILES string of the molecule is Cc1cc(C)c(C(=O)O)c(NO)n1. The number of hydrogen-bond acceptors (Lipinski definition) is 4. The monoisotopic (exact) mass is 182 g/mol. The maximum Gasteiger partial charge on any atom is 0.339 e. The standard InChI is InChI=1S/C8H10N2O3/c1-4-3-5(2)9-7(10-13)6(4)8(11)12/h3,13H,1-2H3,(H,9,10)(H,11,12). The number of aromatic nitrogens is 1. The average Bonchev–Trinajstić information content (AvgIpc) is 2.01. The van der Waals surface area contributed by atoms with Crippen molar-refractivity contribution < 1.29 is 15.1 Å². The van der Waals surface area contributed by atoms with E-state index in [4.69, 9.17) is 10.3 Å². The number of hydrogen-bond donors (Lipinski definition) is 3. The molecule has 1 aromatic rings. The highest BCUT2D eigenvalue weighted by atomic mass is 16.5. The van der Waals surface area contributed by atoms with Crippen molar-refractivity contribution >= 4 is 11.8 Å². The summed E-state index contributed by atoms with van der Waals surface area (Å²) in [5, 5.41) is 17.4. The summed E-state index contributed by atoms with van der Waals surface area (Å²) in [5.41, 5.74) is 2.98. The Bertz CT molecular complexity index is 349. The summed E-state index contributed by atoms with van der Waals surface area (Å²) in [5.74, 6) is -1.13. The van der Waals surface area contributed by atoms with Gasteiger partial charge >= 0.3 is 5.97 Å². The molecule has 0 aliphatic carbocycles. The Morgan fingerprint density at radius 1 is 1.54 bits per heavy atom. The summed E-state index contributed by atoms with van der Waals surface area (Å²) in [6, 6.07) is 1.64. The largest absolute Gasteiger partial charge is 0.478 e. The van der Waals surface area contributed by atoms with Gasteiger partial charge < -0.3 is 5.11 Å². The number of aromatic carboxylic acids is 1. The van der Waals surface area contributed by atoms with E-state index in [2.05, 4.69) is 4.98 Å². The predicted octanol–water partition coefficient (Wildman–Crippen LogP) is 1.20. The van der Waals surface area contributed by atoms with Crippen LogP contribution in [0, 0.1) is 13.8 Å². The number of nitrogens with zero attached hydrogens (tertiary/aromatic N) is 1. The summed E-state index contributed by atoms with van der Waals surface area (Å²) >= 11 is 0. The molecule has 70 valence electrons. The first-order valence-corrected chi connectivity index (χ1v) is 3.68. The van der Waals surface area contributed by atoms with E-state index in [1.54, 1.807) is 25.4 Å². The van der Waals surface area contributed by atoms with Gasteiger partial charge in [0.15, 0.2) is 5.82 Å². The lowest BCUT2D eigenvalue weighted by Gasteiger charge is -2.07. The highest BCUT2D eigenvalue weighted by Gasteiger charge is 2.14. The fourth-order valence-corrected chi connectivity index (χ4v) is 1.19. The molecule has 0 amide bonds. The molecule has 0 spiro atoms. The second-order valence-corrected chi connectivity index (χ2v) is 2.72. The summed E-state index contributed by atoms with van der Waals surface area (Å²) < 4.78 is 0. The van der Waals surface area contributed by atoms with Gasteiger partial charge in [-0.3, -0.25) is 10.7 Å². The molecule has 0 aromatic carbocycles. The molecule has 0 aliphatic rings. The molecule has 0 radical (unpaired) electrons. The number of anilines is 1. The number of rotatable bonds is 2. The Kier molecular flexibility index (Phi) is 2.48. The van der Waals surface area contributed by atoms with Gasteiger partial charge in [-0.15, -0.1) is 0 Å². The van der Waals surface area contributed by atoms with Crippen molar-refractivity contribution in [2.45, 2.75) is 13.8 Å². The third-order valence-electron chi connectivity index (χ3n) is 1.66. The Hall–Kier alpha value is -1.62. The topological polar surface area (TPSA) is 82.5 Å². The van der Waals surface area contributed by atoms with Gasteiger partial charge in [0.05, 0.1) is 0 Å². The second kappa shape index (κ2) is 3.40. The van der Waals surface area contributed by atoms with Crippen molar-refractivity contribution in [3.05, 3.63) is 22.9 Å². The predicted molar refractivity (Wildman–Crippen MR) is 46.1 cm³/mol. The van der Waals surface area contributed by atoms with Crippen LogP contribution in [-0.4, -0.2) is 21.3 Å². The average molecular weight is 182 g/mol. The molecule has 5 nitrogen and oxygen atoms in total. The minimum absolute atomic E-state index is 0.00639. The fourth-order valence-electron chi connectivity index (χ4n) is 1.19. The van der Waals surface area contributed by atoms with Crippen LogP contribution in [-0.2, 0) is 0 Å². The third-order valence-corrected chi connectivity index (χ3v) is 1.66. The second-order valence-electron chi connectivity index (χ2n) is 2.72. The van der Waals surface area contributed by atoms with Crippen LogP contribution >= 0.6 is 0 Å². The van der Waals surface area contributed by atoms with Crippen LogP contribution in [0.15, 0.2) is 6.07 Å². The molecule has 13 heavy (non-hydrogen) atoms. The van der Waals surface area contributed by atoms with Crippen LogP contribution in [0.1, 0.15) is 21.6 Å². The molecule has 3 N–H and O–H groups in total. The molecule has 1 heterocycles. The maximum absolute atomic E-state index is 10.7. The number of carboxylic acids is 1. The summed E-state index contributed by atoms with van der Waals surface area (Å²) in [7, 11) is 0. The normalized spacial score (nSPS) is 9.77. The van der Waals surface area contributed by atoms with Gasteiger partial charge in [0.25, 0.3) is 0 Å². The van der Waals surface area contributed by atoms with Gasteiger partial charge in [-0.2, -0.15) is 0 Å². The Morgan fingerprint density at radius 3 is 2.62 bits per heavy atom. The van der Waals surface area contributed by atoms with Crippen LogP contribution in [0.25, 0.3) is 0 Å². The van der Waals surface area contributed by atoms with E-state index in [0.29, 0.717) is 11.3 Å². The van der Waals surface area contributed by atoms with E-state index >= 15 is 0 Å².